The van der Waals surface area contributed by atoms with Crippen LogP contribution in [0.4, 0.5) is 0 Å². The summed E-state index contributed by atoms with van der Waals surface area (Å²) in [6.07, 6.45) is 0. The molecule has 0 amide bonds. The molecular weight excluding hydrogens is 271 g/mol. The molecule has 0 aliphatic carbocycles. The fourth-order valence-corrected chi connectivity index (χ4v) is 4.08. The molecule has 0 unspecified atom stereocenters. The Morgan fingerprint density at radius 2 is 1.63 bits per heavy atom. The maximum Gasteiger partial charge on any atom is 0.143 e. The highest BCUT2D eigenvalue weighted by Gasteiger charge is 2.09. The van der Waals surface area contributed by atoms with Gasteiger partial charge in [0.15, 0.2) is 0 Å². The van der Waals surface area contributed by atoms with Crippen molar-refractivity contribution in [2.45, 2.75) is 0 Å². The van der Waals surface area contributed by atoms with E-state index < -0.39 is 0 Å². The molecular formula is C16H10BClS. The summed E-state index contributed by atoms with van der Waals surface area (Å²) in [5.74, 6) is 0. The Kier molecular flexibility index (Phi) is 2.38. The van der Waals surface area contributed by atoms with Gasteiger partial charge in [0.1, 0.15) is 7.85 Å². The number of fused-ring (bicyclic) bond motifs is 4. The Morgan fingerprint density at radius 3 is 2.42 bits per heavy atom. The van der Waals surface area contributed by atoms with Crippen molar-refractivity contribution in [3.63, 3.8) is 0 Å². The maximum atomic E-state index is 6.23. The highest BCUT2D eigenvalue weighted by molar-refractivity contribution is 7.27. The van der Waals surface area contributed by atoms with E-state index in [1.54, 1.807) is 0 Å². The lowest BCUT2D eigenvalue weighted by atomic mass is 9.94. The van der Waals surface area contributed by atoms with Gasteiger partial charge in [-0.2, -0.15) is 0 Å². The van der Waals surface area contributed by atoms with Crippen LogP contribution in [0.1, 0.15) is 0 Å². The molecule has 0 radical (unpaired) electrons. The van der Waals surface area contributed by atoms with Gasteiger partial charge in [-0.1, -0.05) is 47.4 Å². The normalized spacial score (nSPS) is 11.6. The molecule has 3 aromatic carbocycles. The maximum absolute atomic E-state index is 6.23. The van der Waals surface area contributed by atoms with Gasteiger partial charge in [-0.3, -0.25) is 0 Å². The molecule has 0 bridgehead atoms. The molecule has 4 aromatic rings. The van der Waals surface area contributed by atoms with E-state index in [0.717, 1.165) is 5.02 Å². The molecule has 1 aromatic heterocycles. The summed E-state index contributed by atoms with van der Waals surface area (Å²) in [7, 11) is 2.10. The number of benzene rings is 3. The predicted octanol–water partition coefficient (Wildman–Crippen LogP) is 4.12. The average Bonchev–Trinajstić information content (AvgIpc) is 2.79. The largest absolute Gasteiger partial charge is 0.143 e. The van der Waals surface area contributed by atoms with Crippen LogP contribution < -0.4 is 5.46 Å². The Morgan fingerprint density at radius 1 is 0.895 bits per heavy atom. The SMILES string of the molecule is Bc1c(Cl)ccc2c1sc1cc3ccccc3cc12. The zero-order valence-electron chi connectivity index (χ0n) is 10.4. The van der Waals surface area contributed by atoms with E-state index in [0.29, 0.717) is 0 Å². The quantitative estimate of drug-likeness (QED) is 0.425. The van der Waals surface area contributed by atoms with Gasteiger partial charge in [0.2, 0.25) is 0 Å². The van der Waals surface area contributed by atoms with Gasteiger partial charge in [-0.25, -0.2) is 0 Å². The second kappa shape index (κ2) is 3.99. The minimum absolute atomic E-state index is 0.851. The van der Waals surface area contributed by atoms with E-state index >= 15 is 0 Å². The highest BCUT2D eigenvalue weighted by atomic mass is 35.5. The van der Waals surface area contributed by atoms with Crippen molar-refractivity contribution < 1.29 is 0 Å². The fraction of sp³-hybridized carbons (Fsp3) is 0. The van der Waals surface area contributed by atoms with E-state index in [9.17, 15) is 0 Å². The number of thiophene rings is 1. The van der Waals surface area contributed by atoms with Crippen molar-refractivity contribution in [1.82, 2.24) is 0 Å². The molecule has 4 rings (SSSR count). The van der Waals surface area contributed by atoms with Crippen LogP contribution >= 0.6 is 22.9 Å². The summed E-state index contributed by atoms with van der Waals surface area (Å²) in [6.45, 7) is 0. The van der Waals surface area contributed by atoms with Gasteiger partial charge < -0.3 is 0 Å². The lowest BCUT2D eigenvalue weighted by Gasteiger charge is -1.99. The second-order valence-electron chi connectivity index (χ2n) is 4.85. The van der Waals surface area contributed by atoms with Crippen LogP contribution in [-0.2, 0) is 0 Å². The first kappa shape index (κ1) is 11.3. The van der Waals surface area contributed by atoms with Crippen LogP contribution in [0.3, 0.4) is 0 Å². The van der Waals surface area contributed by atoms with Gasteiger partial charge in [0.05, 0.1) is 0 Å². The summed E-state index contributed by atoms with van der Waals surface area (Å²) in [5, 5.41) is 6.09. The monoisotopic (exact) mass is 280 g/mol. The number of halogens is 1. The summed E-state index contributed by atoms with van der Waals surface area (Å²) in [4.78, 5) is 0. The van der Waals surface area contributed by atoms with Crippen molar-refractivity contribution in [2.24, 2.45) is 0 Å². The lowest BCUT2D eigenvalue weighted by Crippen LogP contribution is -2.02. The molecule has 0 fully saturated rings. The summed E-state index contributed by atoms with van der Waals surface area (Å²) in [5.41, 5.74) is 1.18. The Balaban J connectivity index is 2.25. The van der Waals surface area contributed by atoms with E-state index in [2.05, 4.69) is 50.3 Å². The predicted molar refractivity (Wildman–Crippen MR) is 90.0 cm³/mol. The molecule has 0 N–H and O–H groups in total. The Bertz CT molecular complexity index is 940. The third kappa shape index (κ3) is 1.60. The van der Waals surface area contributed by atoms with Crippen LogP contribution in [-0.4, -0.2) is 7.85 Å². The summed E-state index contributed by atoms with van der Waals surface area (Å²) < 4.78 is 2.64. The Labute approximate surface area is 121 Å². The molecule has 3 heteroatoms. The van der Waals surface area contributed by atoms with E-state index in [1.807, 2.05) is 17.4 Å². The lowest BCUT2D eigenvalue weighted by molar-refractivity contribution is 1.81. The molecule has 0 aliphatic rings. The van der Waals surface area contributed by atoms with Crippen LogP contribution in [0.5, 0.6) is 0 Å². The van der Waals surface area contributed by atoms with E-state index in [4.69, 9.17) is 11.6 Å². The molecule has 0 aliphatic heterocycles. The molecule has 0 saturated heterocycles. The van der Waals surface area contributed by atoms with Crippen molar-refractivity contribution in [3.8, 4) is 0 Å². The van der Waals surface area contributed by atoms with Crippen molar-refractivity contribution in [2.75, 3.05) is 0 Å². The molecule has 0 spiro atoms. The first-order chi connectivity index (χ1) is 9.24. The van der Waals surface area contributed by atoms with Crippen LogP contribution in [0.15, 0.2) is 48.5 Å². The minimum atomic E-state index is 0.851. The molecule has 0 atom stereocenters. The van der Waals surface area contributed by atoms with Gasteiger partial charge >= 0.3 is 0 Å². The van der Waals surface area contributed by atoms with Gasteiger partial charge in [-0.15, -0.1) is 11.3 Å². The molecule has 0 saturated carbocycles. The van der Waals surface area contributed by atoms with E-state index in [-0.39, 0.29) is 0 Å². The van der Waals surface area contributed by atoms with Gasteiger partial charge in [-0.05, 0) is 34.4 Å². The highest BCUT2D eigenvalue weighted by Crippen LogP contribution is 2.36. The van der Waals surface area contributed by atoms with Crippen molar-refractivity contribution in [3.05, 3.63) is 53.6 Å². The zero-order valence-corrected chi connectivity index (χ0v) is 12.0. The summed E-state index contributed by atoms with van der Waals surface area (Å²) >= 11 is 8.06. The Hall–Kier alpha value is -1.51. The summed E-state index contributed by atoms with van der Waals surface area (Å²) in [6, 6.07) is 17.2. The topological polar surface area (TPSA) is 0 Å². The number of rotatable bonds is 0. The van der Waals surface area contributed by atoms with Gasteiger partial charge in [0.25, 0.3) is 0 Å². The minimum Gasteiger partial charge on any atom is -0.136 e. The van der Waals surface area contributed by atoms with Gasteiger partial charge in [0, 0.05) is 19.8 Å². The molecule has 19 heavy (non-hydrogen) atoms. The van der Waals surface area contributed by atoms with Crippen LogP contribution in [0, 0.1) is 0 Å². The number of hydrogen-bond acceptors (Lipinski definition) is 1. The molecule has 90 valence electrons. The third-order valence-corrected chi connectivity index (χ3v) is 5.39. The molecule has 0 nitrogen and oxygen atoms in total. The van der Waals surface area contributed by atoms with Crippen LogP contribution in [0.25, 0.3) is 30.9 Å². The number of hydrogen-bond donors (Lipinski definition) is 0. The first-order valence-electron chi connectivity index (χ1n) is 6.24. The average molecular weight is 281 g/mol. The standard InChI is InChI=1S/C16H10BClS/c17-15-13(18)6-5-11-12-7-9-3-1-2-4-10(9)8-14(12)19-16(11)15/h1-8H,17H2. The smallest absolute Gasteiger partial charge is 0.136 e. The van der Waals surface area contributed by atoms with Crippen molar-refractivity contribution in [1.29, 1.82) is 0 Å². The fourth-order valence-electron chi connectivity index (χ4n) is 2.64. The zero-order chi connectivity index (χ0) is 13.0. The first-order valence-corrected chi connectivity index (χ1v) is 7.43. The second-order valence-corrected chi connectivity index (χ2v) is 6.31. The molecule has 1 heterocycles. The van der Waals surface area contributed by atoms with E-state index in [1.165, 1.54) is 36.4 Å². The van der Waals surface area contributed by atoms with Crippen LogP contribution in [0.2, 0.25) is 5.02 Å². The van der Waals surface area contributed by atoms with Crippen molar-refractivity contribution >= 4 is 67.2 Å². The third-order valence-electron chi connectivity index (χ3n) is 3.69.